The van der Waals surface area contributed by atoms with Crippen LogP contribution in [0.2, 0.25) is 0 Å². The molecule has 2 saturated carbocycles. The lowest BCUT2D eigenvalue weighted by Gasteiger charge is -2.20. The molecule has 2 rings (SSSR count). The van der Waals surface area contributed by atoms with Gasteiger partial charge in [0.15, 0.2) is 0 Å². The first kappa shape index (κ1) is 9.75. The zero-order valence-corrected chi connectivity index (χ0v) is 8.91. The Morgan fingerprint density at radius 1 is 1.21 bits per heavy atom. The van der Waals surface area contributed by atoms with E-state index in [1.165, 1.54) is 25.7 Å². The van der Waals surface area contributed by atoms with Crippen molar-refractivity contribution in [2.45, 2.75) is 32.6 Å². The molecule has 0 saturated heterocycles. The maximum atomic E-state index is 11.7. The van der Waals surface area contributed by atoms with Gasteiger partial charge in [-0.2, -0.15) is 0 Å². The van der Waals surface area contributed by atoms with Crippen molar-refractivity contribution in [1.29, 1.82) is 0 Å². The molecule has 0 aromatic heterocycles. The first-order chi connectivity index (χ1) is 6.79. The molecule has 0 N–H and O–H groups in total. The third-order valence-corrected chi connectivity index (χ3v) is 2.97. The van der Waals surface area contributed by atoms with E-state index in [4.69, 9.17) is 0 Å². The fourth-order valence-electron chi connectivity index (χ4n) is 1.73. The number of hydrogen-bond donors (Lipinski definition) is 0. The molecular weight excluding hydrogens is 174 g/mol. The number of hydrogen-bond acceptors (Lipinski definition) is 1. The summed E-state index contributed by atoms with van der Waals surface area (Å²) in [6.07, 6.45) is 8.84. The number of amides is 1. The number of carbonyl (C=O) groups excluding carboxylic acids is 1. The van der Waals surface area contributed by atoms with Crippen LogP contribution in [-0.2, 0) is 4.79 Å². The molecule has 14 heavy (non-hydrogen) atoms. The molecule has 0 heterocycles. The Labute approximate surface area is 86.0 Å². The minimum absolute atomic E-state index is 0.214. The van der Waals surface area contributed by atoms with Gasteiger partial charge in [0.2, 0.25) is 5.91 Å². The van der Waals surface area contributed by atoms with E-state index in [9.17, 15) is 4.79 Å². The first-order valence-electron chi connectivity index (χ1n) is 5.71. The smallest absolute Gasteiger partial charge is 0.246 e. The second kappa shape index (κ2) is 4.16. The standard InChI is InChI=1S/C12H19NO/c1-2-3-12(14)13(8-10-4-5-10)9-11-6-7-11/h2-3,10-11H,4-9H2,1H3. The molecule has 2 fully saturated rings. The molecule has 0 spiro atoms. The summed E-state index contributed by atoms with van der Waals surface area (Å²) in [5.74, 6) is 1.83. The molecule has 2 nitrogen and oxygen atoms in total. The Hall–Kier alpha value is -0.790. The molecule has 0 bridgehead atoms. The average molecular weight is 193 g/mol. The average Bonchev–Trinajstić information content (AvgIpc) is 2.97. The van der Waals surface area contributed by atoms with Gasteiger partial charge in [0.25, 0.3) is 0 Å². The second-order valence-electron chi connectivity index (χ2n) is 4.63. The van der Waals surface area contributed by atoms with Gasteiger partial charge in [0, 0.05) is 13.1 Å². The van der Waals surface area contributed by atoms with E-state index in [-0.39, 0.29) is 5.91 Å². The Morgan fingerprint density at radius 2 is 1.71 bits per heavy atom. The molecule has 1 amide bonds. The van der Waals surface area contributed by atoms with Gasteiger partial charge in [-0.1, -0.05) is 6.08 Å². The minimum atomic E-state index is 0.214. The van der Waals surface area contributed by atoms with E-state index >= 15 is 0 Å². The molecule has 0 unspecified atom stereocenters. The maximum absolute atomic E-state index is 11.7. The molecule has 78 valence electrons. The van der Waals surface area contributed by atoms with Gasteiger partial charge in [0.05, 0.1) is 0 Å². The van der Waals surface area contributed by atoms with Gasteiger partial charge in [-0.25, -0.2) is 0 Å². The molecule has 2 heteroatoms. The van der Waals surface area contributed by atoms with Gasteiger partial charge in [-0.05, 0) is 50.5 Å². The zero-order chi connectivity index (χ0) is 9.97. The maximum Gasteiger partial charge on any atom is 0.246 e. The lowest BCUT2D eigenvalue weighted by molar-refractivity contribution is -0.126. The first-order valence-corrected chi connectivity index (χ1v) is 5.71. The van der Waals surface area contributed by atoms with Crippen LogP contribution >= 0.6 is 0 Å². The van der Waals surface area contributed by atoms with Gasteiger partial charge in [-0.3, -0.25) is 4.79 Å². The minimum Gasteiger partial charge on any atom is -0.339 e. The van der Waals surface area contributed by atoms with Crippen molar-refractivity contribution in [3.63, 3.8) is 0 Å². The second-order valence-corrected chi connectivity index (χ2v) is 4.63. The lowest BCUT2D eigenvalue weighted by atomic mass is 10.3. The summed E-state index contributed by atoms with van der Waals surface area (Å²) in [6, 6.07) is 0. The van der Waals surface area contributed by atoms with Crippen molar-refractivity contribution in [2.75, 3.05) is 13.1 Å². The van der Waals surface area contributed by atoms with Crippen LogP contribution in [0, 0.1) is 11.8 Å². The van der Waals surface area contributed by atoms with Crippen molar-refractivity contribution >= 4 is 5.91 Å². The third-order valence-electron chi connectivity index (χ3n) is 2.97. The highest BCUT2D eigenvalue weighted by molar-refractivity contribution is 5.87. The van der Waals surface area contributed by atoms with E-state index in [1.807, 2.05) is 13.0 Å². The largest absolute Gasteiger partial charge is 0.339 e. The summed E-state index contributed by atoms with van der Waals surface area (Å²) in [5.41, 5.74) is 0. The number of allylic oxidation sites excluding steroid dienone is 1. The summed E-state index contributed by atoms with van der Waals surface area (Å²) < 4.78 is 0. The van der Waals surface area contributed by atoms with Crippen LogP contribution < -0.4 is 0 Å². The van der Waals surface area contributed by atoms with Gasteiger partial charge in [0.1, 0.15) is 0 Å². The number of nitrogens with zero attached hydrogens (tertiary/aromatic N) is 1. The van der Waals surface area contributed by atoms with Gasteiger partial charge < -0.3 is 4.90 Å². The molecule has 2 aliphatic rings. The molecular formula is C12H19NO. The van der Waals surface area contributed by atoms with E-state index in [0.29, 0.717) is 0 Å². The fourth-order valence-corrected chi connectivity index (χ4v) is 1.73. The molecule has 0 aromatic rings. The molecule has 0 aliphatic heterocycles. The van der Waals surface area contributed by atoms with Crippen LogP contribution in [0.3, 0.4) is 0 Å². The normalized spacial score (nSPS) is 21.5. The predicted molar refractivity (Wildman–Crippen MR) is 56.8 cm³/mol. The Bertz CT molecular complexity index is 225. The Kier molecular flexibility index (Phi) is 2.90. The predicted octanol–water partition coefficient (Wildman–Crippen LogP) is 2.21. The highest BCUT2D eigenvalue weighted by atomic mass is 16.2. The van der Waals surface area contributed by atoms with Crippen LogP contribution in [-0.4, -0.2) is 23.9 Å². The van der Waals surface area contributed by atoms with E-state index in [1.54, 1.807) is 6.08 Å². The fraction of sp³-hybridized carbons (Fsp3) is 0.750. The van der Waals surface area contributed by atoms with Crippen molar-refractivity contribution in [3.05, 3.63) is 12.2 Å². The Morgan fingerprint density at radius 3 is 2.07 bits per heavy atom. The highest BCUT2D eigenvalue weighted by Gasteiger charge is 2.30. The van der Waals surface area contributed by atoms with E-state index in [0.717, 1.165) is 24.9 Å². The van der Waals surface area contributed by atoms with Gasteiger partial charge in [-0.15, -0.1) is 0 Å². The van der Waals surface area contributed by atoms with Crippen LogP contribution in [0.25, 0.3) is 0 Å². The topological polar surface area (TPSA) is 20.3 Å². The zero-order valence-electron chi connectivity index (χ0n) is 8.91. The third kappa shape index (κ3) is 2.86. The van der Waals surface area contributed by atoms with Crippen LogP contribution in [0.5, 0.6) is 0 Å². The summed E-state index contributed by atoms with van der Waals surface area (Å²) in [7, 11) is 0. The number of carbonyl (C=O) groups is 1. The van der Waals surface area contributed by atoms with E-state index < -0.39 is 0 Å². The Balaban J connectivity index is 1.84. The number of rotatable bonds is 5. The monoisotopic (exact) mass is 193 g/mol. The lowest BCUT2D eigenvalue weighted by Crippen LogP contribution is -2.33. The van der Waals surface area contributed by atoms with E-state index in [2.05, 4.69) is 4.90 Å². The van der Waals surface area contributed by atoms with Crippen LogP contribution in [0.4, 0.5) is 0 Å². The van der Waals surface area contributed by atoms with Crippen molar-refractivity contribution in [2.24, 2.45) is 11.8 Å². The van der Waals surface area contributed by atoms with Crippen molar-refractivity contribution in [3.8, 4) is 0 Å². The summed E-state index contributed by atoms with van der Waals surface area (Å²) in [5, 5.41) is 0. The quantitative estimate of drug-likeness (QED) is 0.613. The summed E-state index contributed by atoms with van der Waals surface area (Å²) >= 11 is 0. The van der Waals surface area contributed by atoms with Crippen molar-refractivity contribution < 1.29 is 4.79 Å². The van der Waals surface area contributed by atoms with Gasteiger partial charge >= 0.3 is 0 Å². The van der Waals surface area contributed by atoms with Crippen LogP contribution in [0.1, 0.15) is 32.6 Å². The molecule has 0 radical (unpaired) electrons. The SMILES string of the molecule is CC=CC(=O)N(CC1CC1)CC1CC1. The molecule has 2 aliphatic carbocycles. The van der Waals surface area contributed by atoms with Crippen molar-refractivity contribution in [1.82, 2.24) is 4.90 Å². The molecule has 0 aromatic carbocycles. The highest BCUT2D eigenvalue weighted by Crippen LogP contribution is 2.33. The molecule has 0 atom stereocenters. The van der Waals surface area contributed by atoms with Crippen LogP contribution in [0.15, 0.2) is 12.2 Å². The summed E-state index contributed by atoms with van der Waals surface area (Å²) in [4.78, 5) is 13.8. The summed E-state index contributed by atoms with van der Waals surface area (Å²) in [6.45, 7) is 3.91.